The van der Waals surface area contributed by atoms with E-state index in [1.165, 1.54) is 13.8 Å². The maximum absolute atomic E-state index is 10.1. The molecule has 0 saturated carbocycles. The van der Waals surface area contributed by atoms with Crippen LogP contribution in [-0.4, -0.2) is 25.2 Å². The Morgan fingerprint density at radius 2 is 1.12 bits per heavy atom. The van der Waals surface area contributed by atoms with Gasteiger partial charge in [-0.1, -0.05) is 12.2 Å². The molecule has 4 nitrogen and oxygen atoms in total. The summed E-state index contributed by atoms with van der Waals surface area (Å²) in [6.07, 6.45) is 3.50. The lowest BCUT2D eigenvalue weighted by atomic mass is 10.7. The molecule has 0 atom stereocenters. The summed E-state index contributed by atoms with van der Waals surface area (Å²) in [5.41, 5.74) is 0. The number of rotatable bonds is 3. The summed E-state index contributed by atoms with van der Waals surface area (Å²) in [5, 5.41) is 0. The van der Waals surface area contributed by atoms with E-state index in [1.54, 1.807) is 12.2 Å². The van der Waals surface area contributed by atoms with Gasteiger partial charge in [-0.3, -0.25) is 9.59 Å². The standard InChI is InChI=1S/C6H10O4.2C3H6/c1-5(7)9-3-4-10-6(2)8;2*1-3-2/h3-4H2,1-2H3;2*3H,1H2,2H3. The largest absolute Gasteiger partial charge is 0.462 e. The van der Waals surface area contributed by atoms with E-state index in [-0.39, 0.29) is 25.2 Å². The van der Waals surface area contributed by atoms with Crippen LogP contribution < -0.4 is 0 Å². The molecule has 0 aromatic rings. The second-order valence-corrected chi connectivity index (χ2v) is 2.50. The molecule has 0 aromatic carbocycles. The van der Waals surface area contributed by atoms with Crippen molar-refractivity contribution in [2.75, 3.05) is 13.2 Å². The molecule has 0 radical (unpaired) electrons. The zero-order valence-corrected chi connectivity index (χ0v) is 10.6. The van der Waals surface area contributed by atoms with Crippen molar-refractivity contribution in [3.63, 3.8) is 0 Å². The minimum atomic E-state index is -0.368. The zero-order valence-electron chi connectivity index (χ0n) is 10.6. The lowest BCUT2D eigenvalue weighted by Gasteiger charge is -2.00. The third-order valence-electron chi connectivity index (χ3n) is 0.694. The third kappa shape index (κ3) is 55.1. The van der Waals surface area contributed by atoms with Crippen molar-refractivity contribution < 1.29 is 19.1 Å². The number of carbonyl (C=O) groups is 2. The number of hydrogen-bond donors (Lipinski definition) is 0. The molecular formula is C12H22O4. The van der Waals surface area contributed by atoms with Crippen molar-refractivity contribution in [3.05, 3.63) is 25.3 Å². The van der Waals surface area contributed by atoms with Crippen molar-refractivity contribution in [2.24, 2.45) is 0 Å². The molecule has 0 amide bonds. The second-order valence-electron chi connectivity index (χ2n) is 2.50. The summed E-state index contributed by atoms with van der Waals surface area (Å²) in [7, 11) is 0. The van der Waals surface area contributed by atoms with Crippen molar-refractivity contribution in [2.45, 2.75) is 27.7 Å². The summed E-state index contributed by atoms with van der Waals surface area (Å²) >= 11 is 0. The van der Waals surface area contributed by atoms with Gasteiger partial charge in [0.2, 0.25) is 0 Å². The van der Waals surface area contributed by atoms with Crippen LogP contribution in [0.2, 0.25) is 0 Å². The van der Waals surface area contributed by atoms with Crippen LogP contribution in [0.25, 0.3) is 0 Å². The fourth-order valence-corrected chi connectivity index (χ4v) is 0.371. The van der Waals surface area contributed by atoms with Crippen LogP contribution in [0.1, 0.15) is 27.7 Å². The van der Waals surface area contributed by atoms with E-state index in [1.807, 2.05) is 13.8 Å². The first-order valence-electron chi connectivity index (χ1n) is 4.87. The quantitative estimate of drug-likeness (QED) is 0.424. The van der Waals surface area contributed by atoms with Gasteiger partial charge in [-0.05, 0) is 13.8 Å². The van der Waals surface area contributed by atoms with Gasteiger partial charge >= 0.3 is 11.9 Å². The number of allylic oxidation sites excluding steroid dienone is 2. The summed E-state index contributed by atoms with van der Waals surface area (Å²) in [6, 6.07) is 0. The van der Waals surface area contributed by atoms with Crippen LogP contribution >= 0.6 is 0 Å². The molecular weight excluding hydrogens is 208 g/mol. The van der Waals surface area contributed by atoms with Gasteiger partial charge in [-0.2, -0.15) is 0 Å². The molecule has 0 unspecified atom stereocenters. The van der Waals surface area contributed by atoms with E-state index in [4.69, 9.17) is 0 Å². The highest BCUT2D eigenvalue weighted by Gasteiger charge is 1.94. The number of carbonyl (C=O) groups excluding carboxylic acids is 2. The summed E-state index contributed by atoms with van der Waals surface area (Å²) in [4.78, 5) is 20.3. The summed E-state index contributed by atoms with van der Waals surface area (Å²) in [5.74, 6) is -0.737. The Morgan fingerprint density at radius 3 is 1.25 bits per heavy atom. The Hall–Kier alpha value is -1.58. The Balaban J connectivity index is -0.000000235. The molecule has 0 aromatic heterocycles. The fourth-order valence-electron chi connectivity index (χ4n) is 0.371. The number of ether oxygens (including phenoxy) is 2. The highest BCUT2D eigenvalue weighted by molar-refractivity contribution is 5.66. The molecule has 4 heteroatoms. The van der Waals surface area contributed by atoms with Crippen molar-refractivity contribution >= 4 is 11.9 Å². The van der Waals surface area contributed by atoms with Gasteiger partial charge in [0, 0.05) is 13.8 Å². The van der Waals surface area contributed by atoms with Crippen molar-refractivity contribution in [1.82, 2.24) is 0 Å². The van der Waals surface area contributed by atoms with Crippen LogP contribution in [0.4, 0.5) is 0 Å². The molecule has 0 heterocycles. The maximum atomic E-state index is 10.1. The average Bonchev–Trinajstić information content (AvgIpc) is 2.14. The first-order valence-corrected chi connectivity index (χ1v) is 4.87. The summed E-state index contributed by atoms with van der Waals surface area (Å²) in [6.45, 7) is 13.4. The van der Waals surface area contributed by atoms with Gasteiger partial charge in [-0.25, -0.2) is 0 Å². The molecule has 94 valence electrons. The molecule has 0 fully saturated rings. The van der Waals surface area contributed by atoms with E-state index in [9.17, 15) is 9.59 Å². The van der Waals surface area contributed by atoms with Crippen LogP contribution in [0.15, 0.2) is 25.3 Å². The van der Waals surface area contributed by atoms with E-state index >= 15 is 0 Å². The molecule has 0 rings (SSSR count). The number of hydrogen-bond acceptors (Lipinski definition) is 4. The second kappa shape index (κ2) is 19.1. The van der Waals surface area contributed by atoms with Gasteiger partial charge < -0.3 is 9.47 Å². The Morgan fingerprint density at radius 1 is 0.938 bits per heavy atom. The van der Waals surface area contributed by atoms with Crippen LogP contribution in [0.3, 0.4) is 0 Å². The summed E-state index contributed by atoms with van der Waals surface area (Å²) < 4.78 is 8.95. The van der Waals surface area contributed by atoms with E-state index < -0.39 is 0 Å². The molecule has 0 aliphatic heterocycles. The molecule has 16 heavy (non-hydrogen) atoms. The van der Waals surface area contributed by atoms with Gasteiger partial charge in [0.15, 0.2) is 0 Å². The molecule has 0 aliphatic rings. The smallest absolute Gasteiger partial charge is 0.302 e. The maximum Gasteiger partial charge on any atom is 0.302 e. The van der Waals surface area contributed by atoms with Crippen LogP contribution in [0.5, 0.6) is 0 Å². The van der Waals surface area contributed by atoms with E-state index in [0.717, 1.165) is 0 Å². The molecule has 0 spiro atoms. The molecule has 0 bridgehead atoms. The van der Waals surface area contributed by atoms with Crippen molar-refractivity contribution in [3.8, 4) is 0 Å². The van der Waals surface area contributed by atoms with Crippen LogP contribution in [-0.2, 0) is 19.1 Å². The highest BCUT2D eigenvalue weighted by atomic mass is 16.6. The average molecular weight is 230 g/mol. The SMILES string of the molecule is C=CC.C=CC.CC(=O)OCCOC(C)=O. The monoisotopic (exact) mass is 230 g/mol. The topological polar surface area (TPSA) is 52.6 Å². The first-order chi connectivity index (χ1) is 7.45. The number of esters is 2. The Bertz CT molecular complexity index is 175. The van der Waals surface area contributed by atoms with Crippen LogP contribution in [0, 0.1) is 0 Å². The van der Waals surface area contributed by atoms with Gasteiger partial charge in [0.1, 0.15) is 13.2 Å². The lowest BCUT2D eigenvalue weighted by Crippen LogP contribution is -2.09. The fraction of sp³-hybridized carbons (Fsp3) is 0.500. The first kappa shape index (κ1) is 19.9. The van der Waals surface area contributed by atoms with Gasteiger partial charge in [0.25, 0.3) is 0 Å². The Labute approximate surface area is 97.9 Å². The predicted octanol–water partition coefficient (Wildman–Crippen LogP) is 2.50. The third-order valence-corrected chi connectivity index (χ3v) is 0.694. The van der Waals surface area contributed by atoms with E-state index in [2.05, 4.69) is 22.6 Å². The molecule has 0 saturated heterocycles. The van der Waals surface area contributed by atoms with Crippen molar-refractivity contribution in [1.29, 1.82) is 0 Å². The molecule has 0 N–H and O–H groups in total. The normalized spacial score (nSPS) is 7.00. The minimum absolute atomic E-state index is 0.134. The zero-order chi connectivity index (χ0) is 13.4. The minimum Gasteiger partial charge on any atom is -0.462 e. The van der Waals surface area contributed by atoms with Gasteiger partial charge in [0.05, 0.1) is 0 Å². The predicted molar refractivity (Wildman–Crippen MR) is 65.0 cm³/mol. The highest BCUT2D eigenvalue weighted by Crippen LogP contribution is 1.79. The van der Waals surface area contributed by atoms with E-state index in [0.29, 0.717) is 0 Å². The Kier molecular flexibility index (Phi) is 23.7. The van der Waals surface area contributed by atoms with Gasteiger partial charge in [-0.15, -0.1) is 13.2 Å². The lowest BCUT2D eigenvalue weighted by molar-refractivity contribution is -0.149. The molecule has 0 aliphatic carbocycles.